The van der Waals surface area contributed by atoms with E-state index in [-0.39, 0.29) is 6.61 Å². The first kappa shape index (κ1) is 15.4. The summed E-state index contributed by atoms with van der Waals surface area (Å²) in [7, 11) is 0. The highest BCUT2D eigenvalue weighted by Gasteiger charge is 2.21. The molecule has 22 heavy (non-hydrogen) atoms. The van der Waals surface area contributed by atoms with Crippen LogP contribution in [0.2, 0.25) is 0 Å². The lowest BCUT2D eigenvalue weighted by Gasteiger charge is -2.15. The summed E-state index contributed by atoms with van der Waals surface area (Å²) in [4.78, 5) is 11.4. The van der Waals surface area contributed by atoms with E-state index in [4.69, 9.17) is 14.2 Å². The number of nitriles is 1. The van der Waals surface area contributed by atoms with Crippen molar-refractivity contribution < 1.29 is 19.0 Å². The molecule has 0 saturated carbocycles. The molecule has 0 fully saturated rings. The molecule has 2 rings (SSSR count). The minimum atomic E-state index is -1.10. The van der Waals surface area contributed by atoms with E-state index < -0.39 is 12.3 Å². The van der Waals surface area contributed by atoms with Gasteiger partial charge in [0.25, 0.3) is 0 Å². The predicted octanol–water partition coefficient (Wildman–Crippen LogP) is 4.22. The first-order chi connectivity index (χ1) is 10.7. The maximum atomic E-state index is 11.4. The van der Waals surface area contributed by atoms with Crippen LogP contribution in [0.5, 0.6) is 11.5 Å². The van der Waals surface area contributed by atoms with Gasteiger partial charge in [-0.1, -0.05) is 36.4 Å². The van der Waals surface area contributed by atoms with Crippen molar-refractivity contribution in [1.82, 2.24) is 0 Å². The van der Waals surface area contributed by atoms with Crippen molar-refractivity contribution in [3.63, 3.8) is 0 Å². The number of para-hydroxylation sites is 2. The Morgan fingerprint density at radius 2 is 1.82 bits per heavy atom. The number of nitrogens with zero attached hydrogens (tertiary/aromatic N) is 1. The molecule has 0 aromatic heterocycles. The Kier molecular flexibility index (Phi) is 5.38. The number of benzene rings is 2. The van der Waals surface area contributed by atoms with Crippen molar-refractivity contribution in [3.05, 3.63) is 60.2 Å². The lowest BCUT2D eigenvalue weighted by atomic mass is 10.1. The molecule has 0 spiro atoms. The van der Waals surface area contributed by atoms with Gasteiger partial charge in [0.1, 0.15) is 17.6 Å². The summed E-state index contributed by atoms with van der Waals surface area (Å²) in [5.74, 6) is 1.08. The third-order valence-electron chi connectivity index (χ3n) is 2.77. The van der Waals surface area contributed by atoms with Gasteiger partial charge in [0.15, 0.2) is 0 Å². The number of rotatable bonds is 5. The molecule has 0 heterocycles. The fourth-order valence-electron chi connectivity index (χ4n) is 1.81. The molecule has 0 aliphatic rings. The molecular weight excluding hydrogens is 282 g/mol. The lowest BCUT2D eigenvalue weighted by Crippen LogP contribution is -2.12. The van der Waals surface area contributed by atoms with Crippen LogP contribution in [0.3, 0.4) is 0 Å². The average Bonchev–Trinajstić information content (AvgIpc) is 2.54. The smallest absolute Gasteiger partial charge is 0.457 e. The van der Waals surface area contributed by atoms with E-state index in [9.17, 15) is 10.1 Å². The molecule has 0 radical (unpaired) electrons. The summed E-state index contributed by atoms with van der Waals surface area (Å²) >= 11 is 0. The quantitative estimate of drug-likeness (QED) is 0.773. The molecule has 0 bridgehead atoms. The summed E-state index contributed by atoms with van der Waals surface area (Å²) in [6.07, 6.45) is -1.98. The van der Waals surface area contributed by atoms with Crippen LogP contribution in [0.25, 0.3) is 0 Å². The van der Waals surface area contributed by atoms with Gasteiger partial charge in [-0.05, 0) is 25.1 Å². The second-order valence-electron chi connectivity index (χ2n) is 4.26. The van der Waals surface area contributed by atoms with Gasteiger partial charge in [-0.3, -0.25) is 0 Å². The minimum Gasteiger partial charge on any atom is -0.457 e. The molecule has 2 aromatic carbocycles. The molecule has 5 heteroatoms. The van der Waals surface area contributed by atoms with Crippen LogP contribution in [0.4, 0.5) is 4.79 Å². The van der Waals surface area contributed by atoms with Crippen molar-refractivity contribution in [1.29, 1.82) is 5.26 Å². The molecule has 112 valence electrons. The second-order valence-corrected chi connectivity index (χ2v) is 4.26. The van der Waals surface area contributed by atoms with E-state index in [1.807, 2.05) is 24.3 Å². The van der Waals surface area contributed by atoms with Crippen LogP contribution in [0.15, 0.2) is 54.6 Å². The van der Waals surface area contributed by atoms with Crippen LogP contribution in [-0.2, 0) is 9.47 Å². The molecule has 0 aliphatic carbocycles. The van der Waals surface area contributed by atoms with Crippen LogP contribution in [0.1, 0.15) is 18.6 Å². The molecule has 0 aliphatic heterocycles. The highest BCUT2D eigenvalue weighted by molar-refractivity contribution is 5.61. The first-order valence-electron chi connectivity index (χ1n) is 6.79. The third-order valence-corrected chi connectivity index (χ3v) is 2.77. The standard InChI is InChI=1S/C17H15NO4/c1-2-20-17(19)22-16(12-18)14-10-6-7-11-15(14)21-13-8-4-3-5-9-13/h3-11,16H,2H2,1H3/t16-/m1/s1. The van der Waals surface area contributed by atoms with E-state index in [0.29, 0.717) is 17.1 Å². The number of hydrogen-bond donors (Lipinski definition) is 0. The normalized spacial score (nSPS) is 11.1. The molecular formula is C17H15NO4. The van der Waals surface area contributed by atoms with Crippen molar-refractivity contribution in [2.24, 2.45) is 0 Å². The number of hydrogen-bond acceptors (Lipinski definition) is 5. The Bertz CT molecular complexity index is 664. The van der Waals surface area contributed by atoms with Crippen LogP contribution in [0, 0.1) is 11.3 Å². The van der Waals surface area contributed by atoms with Gasteiger partial charge < -0.3 is 14.2 Å². The van der Waals surface area contributed by atoms with E-state index >= 15 is 0 Å². The SMILES string of the molecule is CCOC(=O)O[C@H](C#N)c1ccccc1Oc1ccccc1. The van der Waals surface area contributed by atoms with Gasteiger partial charge in [-0.25, -0.2) is 4.79 Å². The lowest BCUT2D eigenvalue weighted by molar-refractivity contribution is 0.0417. The van der Waals surface area contributed by atoms with Crippen LogP contribution >= 0.6 is 0 Å². The molecule has 1 atom stereocenters. The summed E-state index contributed by atoms with van der Waals surface area (Å²) in [5, 5.41) is 9.25. The molecule has 0 saturated heterocycles. The maximum absolute atomic E-state index is 11.4. The monoisotopic (exact) mass is 297 g/mol. The Hall–Kier alpha value is -3.00. The number of carbonyl (C=O) groups is 1. The Labute approximate surface area is 128 Å². The largest absolute Gasteiger partial charge is 0.509 e. The van der Waals surface area contributed by atoms with Crippen molar-refractivity contribution in [3.8, 4) is 17.6 Å². The highest BCUT2D eigenvalue weighted by Crippen LogP contribution is 2.31. The second kappa shape index (κ2) is 7.70. The Balaban J connectivity index is 2.23. The predicted molar refractivity (Wildman–Crippen MR) is 79.4 cm³/mol. The zero-order valence-electron chi connectivity index (χ0n) is 12.1. The van der Waals surface area contributed by atoms with E-state index in [1.165, 1.54) is 0 Å². The summed E-state index contributed by atoms with van der Waals surface area (Å²) in [6.45, 7) is 1.84. The van der Waals surface area contributed by atoms with Gasteiger partial charge in [-0.15, -0.1) is 0 Å². The molecule has 0 N–H and O–H groups in total. The number of ether oxygens (including phenoxy) is 3. The highest BCUT2D eigenvalue weighted by atomic mass is 16.7. The van der Waals surface area contributed by atoms with Crippen LogP contribution in [-0.4, -0.2) is 12.8 Å². The van der Waals surface area contributed by atoms with Crippen LogP contribution < -0.4 is 4.74 Å². The van der Waals surface area contributed by atoms with Crippen molar-refractivity contribution in [2.45, 2.75) is 13.0 Å². The fraction of sp³-hybridized carbons (Fsp3) is 0.176. The summed E-state index contributed by atoms with van der Waals surface area (Å²) in [5.41, 5.74) is 0.460. The van der Waals surface area contributed by atoms with Crippen molar-refractivity contribution >= 4 is 6.16 Å². The summed E-state index contributed by atoms with van der Waals surface area (Å²) < 4.78 is 15.5. The van der Waals surface area contributed by atoms with Gasteiger partial charge in [0.05, 0.1) is 6.61 Å². The maximum Gasteiger partial charge on any atom is 0.509 e. The average molecular weight is 297 g/mol. The Morgan fingerprint density at radius 1 is 1.14 bits per heavy atom. The van der Waals surface area contributed by atoms with Gasteiger partial charge in [0.2, 0.25) is 6.10 Å². The number of carbonyl (C=O) groups excluding carboxylic acids is 1. The Morgan fingerprint density at radius 3 is 2.50 bits per heavy atom. The summed E-state index contributed by atoms with van der Waals surface area (Å²) in [6, 6.07) is 18.0. The fourth-order valence-corrected chi connectivity index (χ4v) is 1.81. The molecule has 5 nitrogen and oxygen atoms in total. The third kappa shape index (κ3) is 4.00. The van der Waals surface area contributed by atoms with Gasteiger partial charge in [-0.2, -0.15) is 5.26 Å². The zero-order valence-corrected chi connectivity index (χ0v) is 12.1. The van der Waals surface area contributed by atoms with Crippen molar-refractivity contribution in [2.75, 3.05) is 6.61 Å². The first-order valence-corrected chi connectivity index (χ1v) is 6.79. The van der Waals surface area contributed by atoms with E-state index in [0.717, 1.165) is 0 Å². The molecule has 2 aromatic rings. The van der Waals surface area contributed by atoms with Gasteiger partial charge in [0, 0.05) is 5.56 Å². The molecule has 0 amide bonds. The zero-order chi connectivity index (χ0) is 15.8. The minimum absolute atomic E-state index is 0.180. The molecule has 0 unspecified atom stereocenters. The van der Waals surface area contributed by atoms with E-state index in [1.54, 1.807) is 43.3 Å². The van der Waals surface area contributed by atoms with E-state index in [2.05, 4.69) is 0 Å². The van der Waals surface area contributed by atoms with Gasteiger partial charge >= 0.3 is 6.16 Å². The topological polar surface area (TPSA) is 68.5 Å².